The average Bonchev–Trinajstić information content (AvgIpc) is 2.67. The van der Waals surface area contributed by atoms with Crippen molar-refractivity contribution < 1.29 is 29.0 Å². The van der Waals surface area contributed by atoms with Gasteiger partial charge in [0.1, 0.15) is 6.04 Å². The Morgan fingerprint density at radius 2 is 2.19 bits per heavy atom. The van der Waals surface area contributed by atoms with Crippen molar-refractivity contribution in [2.24, 2.45) is 0 Å². The number of ether oxygens (including phenoxy) is 2. The predicted octanol–water partition coefficient (Wildman–Crippen LogP) is 0.213. The highest BCUT2D eigenvalue weighted by Crippen LogP contribution is 2.07. The van der Waals surface area contributed by atoms with Gasteiger partial charge >= 0.3 is 18.0 Å². The van der Waals surface area contributed by atoms with Gasteiger partial charge in [-0.3, -0.25) is 4.79 Å². The molecule has 1 fully saturated rings. The van der Waals surface area contributed by atoms with Crippen molar-refractivity contribution in [3.05, 3.63) is 0 Å². The first-order valence-electron chi connectivity index (χ1n) is 6.90. The Morgan fingerprint density at radius 1 is 1.48 bits per heavy atom. The number of carbonyl (C=O) groups excluding carboxylic acids is 2. The van der Waals surface area contributed by atoms with Gasteiger partial charge < -0.3 is 24.8 Å². The summed E-state index contributed by atoms with van der Waals surface area (Å²) >= 11 is 0. The zero-order chi connectivity index (χ0) is 15.8. The number of methoxy groups -OCH3 is 1. The molecular weight excluding hydrogens is 280 g/mol. The third-order valence-corrected chi connectivity index (χ3v) is 3.20. The molecule has 0 radical (unpaired) electrons. The van der Waals surface area contributed by atoms with Crippen molar-refractivity contribution in [2.45, 2.75) is 38.3 Å². The first-order valence-corrected chi connectivity index (χ1v) is 6.90. The van der Waals surface area contributed by atoms with Crippen LogP contribution in [0.2, 0.25) is 0 Å². The van der Waals surface area contributed by atoms with Crippen LogP contribution in [-0.4, -0.2) is 66.9 Å². The fourth-order valence-corrected chi connectivity index (χ4v) is 2.04. The van der Waals surface area contributed by atoms with E-state index in [2.05, 4.69) is 10.1 Å². The SMILES string of the molecule is COC(=O)CC[C@H](NC(=O)N1CCCOC(C)C1)C(=O)O. The third kappa shape index (κ3) is 5.99. The first kappa shape index (κ1) is 17.2. The van der Waals surface area contributed by atoms with Crippen LogP contribution in [0.1, 0.15) is 26.2 Å². The summed E-state index contributed by atoms with van der Waals surface area (Å²) in [6.07, 6.45) is 0.551. The van der Waals surface area contributed by atoms with Crippen LogP contribution in [0.15, 0.2) is 0 Å². The summed E-state index contributed by atoms with van der Waals surface area (Å²) in [6.45, 7) is 3.36. The van der Waals surface area contributed by atoms with Crippen LogP contribution in [0.5, 0.6) is 0 Å². The lowest BCUT2D eigenvalue weighted by atomic mass is 10.1. The van der Waals surface area contributed by atoms with Crippen LogP contribution >= 0.6 is 0 Å². The number of carboxylic acids is 1. The Kier molecular flexibility index (Phi) is 6.93. The molecule has 2 amide bonds. The maximum absolute atomic E-state index is 12.1. The second kappa shape index (κ2) is 8.46. The molecule has 0 aromatic rings. The average molecular weight is 302 g/mol. The summed E-state index contributed by atoms with van der Waals surface area (Å²) in [6, 6.07) is -1.57. The maximum atomic E-state index is 12.1. The van der Waals surface area contributed by atoms with Gasteiger partial charge in [0.15, 0.2) is 0 Å². The fourth-order valence-electron chi connectivity index (χ4n) is 2.04. The number of hydrogen-bond acceptors (Lipinski definition) is 5. The van der Waals surface area contributed by atoms with Crippen LogP contribution < -0.4 is 5.32 Å². The Balaban J connectivity index is 2.54. The van der Waals surface area contributed by atoms with E-state index in [1.54, 1.807) is 0 Å². The summed E-state index contributed by atoms with van der Waals surface area (Å²) in [5.41, 5.74) is 0. The Morgan fingerprint density at radius 3 is 2.81 bits per heavy atom. The summed E-state index contributed by atoms with van der Waals surface area (Å²) in [5.74, 6) is -1.68. The molecule has 8 nitrogen and oxygen atoms in total. The molecule has 0 aromatic heterocycles. The molecule has 8 heteroatoms. The van der Waals surface area contributed by atoms with Crippen LogP contribution in [-0.2, 0) is 19.1 Å². The quantitative estimate of drug-likeness (QED) is 0.704. The minimum Gasteiger partial charge on any atom is -0.480 e. The van der Waals surface area contributed by atoms with Gasteiger partial charge in [0.25, 0.3) is 0 Å². The Hall–Kier alpha value is -1.83. The number of rotatable bonds is 5. The summed E-state index contributed by atoms with van der Waals surface area (Å²) in [4.78, 5) is 35.8. The highest BCUT2D eigenvalue weighted by molar-refractivity contribution is 5.83. The van der Waals surface area contributed by atoms with Gasteiger partial charge in [-0.25, -0.2) is 9.59 Å². The number of hydrogen-bond donors (Lipinski definition) is 2. The van der Waals surface area contributed by atoms with E-state index in [0.29, 0.717) is 26.1 Å². The highest BCUT2D eigenvalue weighted by Gasteiger charge is 2.25. The molecule has 0 aromatic carbocycles. The predicted molar refractivity (Wildman–Crippen MR) is 72.8 cm³/mol. The van der Waals surface area contributed by atoms with Gasteiger partial charge in [0.2, 0.25) is 0 Å². The topological polar surface area (TPSA) is 105 Å². The molecule has 1 heterocycles. The largest absolute Gasteiger partial charge is 0.480 e. The minimum atomic E-state index is -1.17. The number of carboxylic acid groups (broad SMARTS) is 1. The van der Waals surface area contributed by atoms with Gasteiger partial charge in [-0.1, -0.05) is 0 Å². The van der Waals surface area contributed by atoms with E-state index in [4.69, 9.17) is 9.84 Å². The molecule has 0 aliphatic carbocycles. The second-order valence-corrected chi connectivity index (χ2v) is 4.94. The van der Waals surface area contributed by atoms with Gasteiger partial charge in [-0.15, -0.1) is 0 Å². The van der Waals surface area contributed by atoms with E-state index in [-0.39, 0.29) is 18.9 Å². The molecule has 2 N–H and O–H groups in total. The molecule has 1 aliphatic heterocycles. The number of nitrogens with one attached hydrogen (secondary N) is 1. The molecule has 1 unspecified atom stereocenters. The van der Waals surface area contributed by atoms with Crippen molar-refractivity contribution in [1.82, 2.24) is 10.2 Å². The van der Waals surface area contributed by atoms with Crippen molar-refractivity contribution in [3.8, 4) is 0 Å². The second-order valence-electron chi connectivity index (χ2n) is 4.94. The lowest BCUT2D eigenvalue weighted by molar-refractivity contribution is -0.142. The van der Waals surface area contributed by atoms with E-state index in [9.17, 15) is 14.4 Å². The van der Waals surface area contributed by atoms with E-state index in [1.807, 2.05) is 6.92 Å². The van der Waals surface area contributed by atoms with E-state index in [1.165, 1.54) is 12.0 Å². The lowest BCUT2D eigenvalue weighted by Gasteiger charge is -2.24. The molecule has 0 spiro atoms. The maximum Gasteiger partial charge on any atom is 0.326 e. The standard InChI is InChI=1S/C13H22N2O6/c1-9-8-15(6-3-7-21-9)13(19)14-10(12(17)18)4-5-11(16)20-2/h9-10H,3-8H2,1-2H3,(H,14,19)(H,17,18)/t9?,10-/m0/s1. The summed E-state index contributed by atoms with van der Waals surface area (Å²) in [7, 11) is 1.23. The van der Waals surface area contributed by atoms with Crippen LogP contribution in [0.25, 0.3) is 0 Å². The van der Waals surface area contributed by atoms with Crippen molar-refractivity contribution in [3.63, 3.8) is 0 Å². The number of esters is 1. The molecule has 0 saturated carbocycles. The highest BCUT2D eigenvalue weighted by atomic mass is 16.5. The van der Waals surface area contributed by atoms with Crippen molar-refractivity contribution in [2.75, 3.05) is 26.8 Å². The van der Waals surface area contributed by atoms with Crippen molar-refractivity contribution >= 4 is 18.0 Å². The van der Waals surface area contributed by atoms with Crippen LogP contribution in [0.4, 0.5) is 4.79 Å². The number of nitrogens with zero attached hydrogens (tertiary/aromatic N) is 1. The molecule has 2 atom stereocenters. The molecule has 21 heavy (non-hydrogen) atoms. The monoisotopic (exact) mass is 302 g/mol. The van der Waals surface area contributed by atoms with Crippen molar-refractivity contribution in [1.29, 1.82) is 0 Å². The molecule has 1 saturated heterocycles. The van der Waals surface area contributed by atoms with Gasteiger partial charge in [0.05, 0.1) is 13.2 Å². The lowest BCUT2D eigenvalue weighted by Crippen LogP contribution is -2.49. The normalized spacial score (nSPS) is 20.3. The number of aliphatic carboxylic acids is 1. The molecule has 1 rings (SSSR count). The first-order chi connectivity index (χ1) is 9.93. The number of amides is 2. The Labute approximate surface area is 123 Å². The summed E-state index contributed by atoms with van der Waals surface area (Å²) < 4.78 is 9.89. The van der Waals surface area contributed by atoms with Gasteiger partial charge in [0, 0.05) is 26.1 Å². The third-order valence-electron chi connectivity index (χ3n) is 3.20. The number of urea groups is 1. The zero-order valence-corrected chi connectivity index (χ0v) is 12.3. The van der Waals surface area contributed by atoms with Crippen LogP contribution in [0.3, 0.4) is 0 Å². The molecule has 120 valence electrons. The molecule has 1 aliphatic rings. The van der Waals surface area contributed by atoms with E-state index < -0.39 is 24.0 Å². The molecular formula is C13H22N2O6. The van der Waals surface area contributed by atoms with E-state index in [0.717, 1.165) is 0 Å². The van der Waals surface area contributed by atoms with Gasteiger partial charge in [-0.05, 0) is 19.8 Å². The van der Waals surface area contributed by atoms with Crippen LogP contribution in [0, 0.1) is 0 Å². The van der Waals surface area contributed by atoms with Gasteiger partial charge in [-0.2, -0.15) is 0 Å². The summed E-state index contributed by atoms with van der Waals surface area (Å²) in [5, 5.41) is 11.5. The molecule has 0 bridgehead atoms. The minimum absolute atomic E-state index is 0.00631. The van der Waals surface area contributed by atoms with E-state index >= 15 is 0 Å². The smallest absolute Gasteiger partial charge is 0.326 e. The zero-order valence-electron chi connectivity index (χ0n) is 12.3. The fraction of sp³-hybridized carbons (Fsp3) is 0.769. The number of carbonyl (C=O) groups is 3. The Bertz CT molecular complexity index is 387.